The molecule has 2 aliphatic rings. The molecule has 0 amide bonds. The van der Waals surface area contributed by atoms with Gasteiger partial charge in [-0.1, -0.05) is 13.8 Å². The van der Waals surface area contributed by atoms with E-state index in [9.17, 15) is 21.6 Å². The first-order chi connectivity index (χ1) is 12.0. The Morgan fingerprint density at radius 3 is 2.11 bits per heavy atom. The van der Waals surface area contributed by atoms with Crippen LogP contribution in [0, 0.1) is 17.8 Å². The molecule has 0 aliphatic carbocycles. The van der Waals surface area contributed by atoms with Gasteiger partial charge in [0.05, 0.1) is 0 Å². The minimum atomic E-state index is -5.22. The molecule has 6 nitrogen and oxygen atoms in total. The first-order valence-electron chi connectivity index (χ1n) is 9.06. The van der Waals surface area contributed by atoms with E-state index in [4.69, 9.17) is 0 Å². The molecule has 160 valence electrons. The fraction of sp³-hybridized carbons (Fsp3) is 0.938. The molecule has 2 aliphatic heterocycles. The maximum absolute atomic E-state index is 12.6. The largest absolute Gasteiger partial charge is 0.511 e. The third-order valence-electron chi connectivity index (χ3n) is 5.13. The lowest BCUT2D eigenvalue weighted by Crippen LogP contribution is -2.50. The van der Waals surface area contributed by atoms with Gasteiger partial charge in [0.2, 0.25) is 0 Å². The highest BCUT2D eigenvalue weighted by Crippen LogP contribution is 2.30. The van der Waals surface area contributed by atoms with Crippen LogP contribution in [0.25, 0.3) is 0 Å². The number of nitrogens with zero attached hydrogens (tertiary/aromatic N) is 3. The molecule has 2 saturated heterocycles. The highest BCUT2D eigenvalue weighted by atomic mass is 127. The molecule has 2 fully saturated rings. The lowest BCUT2D eigenvalue weighted by Gasteiger charge is -2.38. The predicted octanol–water partition coefficient (Wildman–Crippen LogP) is 2.72. The molecule has 0 saturated carbocycles. The molecule has 0 bridgehead atoms. The minimum absolute atomic E-state index is 0. The van der Waals surface area contributed by atoms with Crippen molar-refractivity contribution in [2.45, 2.75) is 38.6 Å². The standard InChI is InChI=1S/C16H29F3N4O2S.HI/c1-12-8-13(2)11-22(10-12)15(20-3)21-9-14-4-6-23(7-5-14)26(24,25)16(17,18)19;/h12-14H,4-11H2,1-3H3,(H,20,21);1H. The molecule has 0 aromatic carbocycles. The Labute approximate surface area is 177 Å². The van der Waals surface area contributed by atoms with Gasteiger partial charge in [0.15, 0.2) is 5.96 Å². The van der Waals surface area contributed by atoms with Gasteiger partial charge in [-0.15, -0.1) is 24.0 Å². The zero-order chi connectivity index (χ0) is 19.5. The number of alkyl halides is 3. The summed E-state index contributed by atoms with van der Waals surface area (Å²) in [5.74, 6) is 2.13. The number of aliphatic imine (C=N–C) groups is 1. The Bertz CT molecular complexity index is 597. The van der Waals surface area contributed by atoms with Crippen molar-refractivity contribution in [1.29, 1.82) is 0 Å². The quantitative estimate of drug-likeness (QED) is 0.349. The summed E-state index contributed by atoms with van der Waals surface area (Å²) in [4.78, 5) is 6.55. The van der Waals surface area contributed by atoms with Gasteiger partial charge >= 0.3 is 15.5 Å². The fourth-order valence-corrected chi connectivity index (χ4v) is 4.89. The van der Waals surface area contributed by atoms with Crippen LogP contribution >= 0.6 is 24.0 Å². The first-order valence-corrected chi connectivity index (χ1v) is 10.5. The lowest BCUT2D eigenvalue weighted by molar-refractivity contribution is -0.0496. The van der Waals surface area contributed by atoms with Crippen LogP contribution < -0.4 is 5.32 Å². The van der Waals surface area contributed by atoms with Crippen LogP contribution in [0.3, 0.4) is 0 Å². The third-order valence-corrected chi connectivity index (χ3v) is 6.76. The summed E-state index contributed by atoms with van der Waals surface area (Å²) in [6.07, 6.45) is 2.01. The van der Waals surface area contributed by atoms with Crippen molar-refractivity contribution >= 4 is 40.0 Å². The minimum Gasteiger partial charge on any atom is -0.356 e. The first kappa shape index (κ1) is 24.7. The van der Waals surface area contributed by atoms with Crippen molar-refractivity contribution in [1.82, 2.24) is 14.5 Å². The van der Waals surface area contributed by atoms with E-state index < -0.39 is 15.5 Å². The molecule has 27 heavy (non-hydrogen) atoms. The number of sulfonamides is 1. The van der Waals surface area contributed by atoms with Crippen LogP contribution in [0.5, 0.6) is 0 Å². The second-order valence-corrected chi connectivity index (χ2v) is 9.50. The molecule has 2 rings (SSSR count). The maximum Gasteiger partial charge on any atom is 0.511 e. The maximum atomic E-state index is 12.6. The van der Waals surface area contributed by atoms with Gasteiger partial charge in [-0.25, -0.2) is 8.42 Å². The fourth-order valence-electron chi connectivity index (χ4n) is 3.90. The second kappa shape index (κ2) is 9.95. The summed E-state index contributed by atoms with van der Waals surface area (Å²) in [7, 11) is -3.48. The van der Waals surface area contributed by atoms with Crippen molar-refractivity contribution in [2.75, 3.05) is 39.8 Å². The Balaban J connectivity index is 0.00000364. The molecule has 11 heteroatoms. The van der Waals surface area contributed by atoms with Gasteiger partial charge in [-0.05, 0) is 37.0 Å². The Morgan fingerprint density at radius 1 is 1.15 bits per heavy atom. The number of hydrogen-bond acceptors (Lipinski definition) is 3. The number of halogens is 4. The highest BCUT2D eigenvalue weighted by molar-refractivity contribution is 14.0. The molecular formula is C16H30F3IN4O2S. The average Bonchev–Trinajstić information content (AvgIpc) is 2.54. The van der Waals surface area contributed by atoms with E-state index >= 15 is 0 Å². The van der Waals surface area contributed by atoms with E-state index in [1.807, 2.05) is 0 Å². The van der Waals surface area contributed by atoms with E-state index in [-0.39, 0.29) is 43.0 Å². The molecule has 0 radical (unpaired) electrons. The number of nitrogens with one attached hydrogen (secondary N) is 1. The zero-order valence-corrected chi connectivity index (χ0v) is 19.1. The van der Waals surface area contributed by atoms with Gasteiger partial charge in [0, 0.05) is 39.8 Å². The van der Waals surface area contributed by atoms with Crippen molar-refractivity contribution in [3.63, 3.8) is 0 Å². The number of likely N-dealkylation sites (tertiary alicyclic amines) is 1. The van der Waals surface area contributed by atoms with Crippen LogP contribution in [-0.2, 0) is 10.0 Å². The normalized spacial score (nSPS) is 26.6. The van der Waals surface area contributed by atoms with Gasteiger partial charge < -0.3 is 10.2 Å². The summed E-state index contributed by atoms with van der Waals surface area (Å²) < 4.78 is 61.3. The molecule has 0 aromatic heterocycles. The summed E-state index contributed by atoms with van der Waals surface area (Å²) in [6, 6.07) is 0. The monoisotopic (exact) mass is 526 g/mol. The Kier molecular flexibility index (Phi) is 9.11. The van der Waals surface area contributed by atoms with E-state index in [0.29, 0.717) is 35.5 Å². The number of guanidine groups is 1. The van der Waals surface area contributed by atoms with Crippen LogP contribution in [0.15, 0.2) is 4.99 Å². The van der Waals surface area contributed by atoms with E-state index in [2.05, 4.69) is 29.1 Å². The van der Waals surface area contributed by atoms with Crippen LogP contribution in [0.4, 0.5) is 13.2 Å². The number of piperidine rings is 2. The summed E-state index contributed by atoms with van der Waals surface area (Å²) in [5.41, 5.74) is -5.22. The van der Waals surface area contributed by atoms with Crippen molar-refractivity contribution in [3.8, 4) is 0 Å². The SMILES string of the molecule is CN=C(NCC1CCN(S(=O)(=O)C(F)(F)F)CC1)N1CC(C)CC(C)C1.I. The van der Waals surface area contributed by atoms with E-state index in [1.165, 1.54) is 6.42 Å². The second-order valence-electron chi connectivity index (χ2n) is 7.57. The zero-order valence-electron chi connectivity index (χ0n) is 16.0. The summed E-state index contributed by atoms with van der Waals surface area (Å²) in [6.45, 7) is 6.71. The summed E-state index contributed by atoms with van der Waals surface area (Å²) in [5, 5.41) is 3.32. The van der Waals surface area contributed by atoms with Gasteiger partial charge in [0.1, 0.15) is 0 Å². The average molecular weight is 526 g/mol. The van der Waals surface area contributed by atoms with Gasteiger partial charge in [-0.2, -0.15) is 17.5 Å². The molecular weight excluding hydrogens is 496 g/mol. The topological polar surface area (TPSA) is 65.0 Å². The van der Waals surface area contributed by atoms with Gasteiger partial charge in [0.25, 0.3) is 0 Å². The van der Waals surface area contributed by atoms with Crippen LogP contribution in [-0.4, -0.2) is 68.9 Å². The molecule has 2 atom stereocenters. The summed E-state index contributed by atoms with van der Waals surface area (Å²) >= 11 is 0. The highest BCUT2D eigenvalue weighted by Gasteiger charge is 2.50. The number of hydrogen-bond donors (Lipinski definition) is 1. The Hall–Kier alpha value is -0.300. The van der Waals surface area contributed by atoms with Crippen molar-refractivity contribution in [3.05, 3.63) is 0 Å². The smallest absolute Gasteiger partial charge is 0.356 e. The predicted molar refractivity (Wildman–Crippen MR) is 111 cm³/mol. The van der Waals surface area contributed by atoms with Crippen LogP contribution in [0.1, 0.15) is 33.1 Å². The van der Waals surface area contributed by atoms with E-state index in [0.717, 1.165) is 19.0 Å². The molecule has 2 unspecified atom stereocenters. The van der Waals surface area contributed by atoms with Gasteiger partial charge in [-0.3, -0.25) is 4.99 Å². The van der Waals surface area contributed by atoms with E-state index in [1.54, 1.807) is 7.05 Å². The van der Waals surface area contributed by atoms with Crippen molar-refractivity contribution < 1.29 is 21.6 Å². The number of rotatable bonds is 3. The lowest BCUT2D eigenvalue weighted by atomic mass is 9.92. The van der Waals surface area contributed by atoms with Crippen molar-refractivity contribution in [2.24, 2.45) is 22.7 Å². The molecule has 2 heterocycles. The molecule has 0 spiro atoms. The Morgan fingerprint density at radius 2 is 1.67 bits per heavy atom. The molecule has 0 aromatic rings. The third kappa shape index (κ3) is 6.34. The van der Waals surface area contributed by atoms with Crippen LogP contribution in [0.2, 0.25) is 0 Å². The molecule has 1 N–H and O–H groups in total.